The van der Waals surface area contributed by atoms with E-state index in [0.717, 1.165) is 23.9 Å². The van der Waals surface area contributed by atoms with Gasteiger partial charge in [-0.1, -0.05) is 30.0 Å². The van der Waals surface area contributed by atoms with Crippen LogP contribution >= 0.6 is 11.8 Å². The Morgan fingerprint density at radius 3 is 2.94 bits per heavy atom. The maximum atomic E-state index is 4.09. The average molecular weight is 247 g/mol. The molecule has 0 amide bonds. The van der Waals surface area contributed by atoms with Crippen LogP contribution in [-0.4, -0.2) is 38.5 Å². The van der Waals surface area contributed by atoms with Gasteiger partial charge in [0, 0.05) is 11.8 Å². The van der Waals surface area contributed by atoms with E-state index in [1.807, 2.05) is 30.3 Å². The van der Waals surface area contributed by atoms with Crippen LogP contribution in [0, 0.1) is 0 Å². The number of thioether (sulfide) groups is 1. The standard InChI is InChI=1S/C11H13N5S/c1-2-4-9(5-3-1)16-11(13-14-15-16)17-10-6-7-12-8-10/h1-5,10,12H,6-8H2/t10-/m0/s1. The van der Waals surface area contributed by atoms with Crippen molar-refractivity contribution < 1.29 is 0 Å². The van der Waals surface area contributed by atoms with Crippen LogP contribution in [-0.2, 0) is 0 Å². The van der Waals surface area contributed by atoms with E-state index in [2.05, 4.69) is 20.8 Å². The molecule has 1 aliphatic heterocycles. The Kier molecular flexibility index (Phi) is 3.06. The molecule has 2 aromatic rings. The monoisotopic (exact) mass is 247 g/mol. The Morgan fingerprint density at radius 1 is 1.29 bits per heavy atom. The van der Waals surface area contributed by atoms with Gasteiger partial charge >= 0.3 is 0 Å². The second-order valence-corrected chi connectivity index (χ2v) is 5.21. The van der Waals surface area contributed by atoms with Gasteiger partial charge in [-0.15, -0.1) is 5.10 Å². The highest BCUT2D eigenvalue weighted by atomic mass is 32.2. The van der Waals surface area contributed by atoms with Crippen LogP contribution in [0.3, 0.4) is 0 Å². The van der Waals surface area contributed by atoms with Gasteiger partial charge in [-0.3, -0.25) is 0 Å². The molecule has 0 spiro atoms. The summed E-state index contributed by atoms with van der Waals surface area (Å²) in [5.41, 5.74) is 1.01. The largest absolute Gasteiger partial charge is 0.316 e. The highest BCUT2D eigenvalue weighted by Crippen LogP contribution is 2.26. The first kappa shape index (κ1) is 10.7. The zero-order valence-corrected chi connectivity index (χ0v) is 10.1. The molecule has 0 aliphatic carbocycles. The molecular formula is C11H13N5S. The highest BCUT2D eigenvalue weighted by molar-refractivity contribution is 7.99. The summed E-state index contributed by atoms with van der Waals surface area (Å²) in [5.74, 6) is 0. The van der Waals surface area contributed by atoms with E-state index < -0.39 is 0 Å². The Labute approximate surface area is 104 Å². The van der Waals surface area contributed by atoms with Crippen molar-refractivity contribution in [2.75, 3.05) is 13.1 Å². The molecule has 2 heterocycles. The van der Waals surface area contributed by atoms with Crippen molar-refractivity contribution in [2.45, 2.75) is 16.8 Å². The maximum Gasteiger partial charge on any atom is 0.214 e. The molecule has 17 heavy (non-hydrogen) atoms. The quantitative estimate of drug-likeness (QED) is 0.880. The third-order valence-corrected chi connectivity index (χ3v) is 3.93. The third kappa shape index (κ3) is 2.32. The molecule has 1 aromatic heterocycles. The van der Waals surface area contributed by atoms with Crippen molar-refractivity contribution in [3.05, 3.63) is 30.3 Å². The molecule has 0 unspecified atom stereocenters. The predicted octanol–water partition coefficient (Wildman–Crippen LogP) is 1.12. The fourth-order valence-corrected chi connectivity index (χ4v) is 2.92. The third-order valence-electron chi connectivity index (χ3n) is 2.73. The van der Waals surface area contributed by atoms with Crippen LogP contribution in [0.1, 0.15) is 6.42 Å². The van der Waals surface area contributed by atoms with Crippen LogP contribution in [0.5, 0.6) is 0 Å². The van der Waals surface area contributed by atoms with E-state index in [1.165, 1.54) is 6.42 Å². The molecule has 3 rings (SSSR count). The number of benzene rings is 1. The minimum absolute atomic E-state index is 0.573. The number of para-hydroxylation sites is 1. The number of nitrogens with one attached hydrogen (secondary N) is 1. The number of nitrogens with zero attached hydrogens (tertiary/aromatic N) is 4. The summed E-state index contributed by atoms with van der Waals surface area (Å²) in [5, 5.41) is 16.7. The van der Waals surface area contributed by atoms with Crippen molar-refractivity contribution in [1.29, 1.82) is 0 Å². The molecule has 6 heteroatoms. The van der Waals surface area contributed by atoms with Gasteiger partial charge in [0.2, 0.25) is 5.16 Å². The molecule has 0 bridgehead atoms. The molecular weight excluding hydrogens is 234 g/mol. The summed E-state index contributed by atoms with van der Waals surface area (Å²) in [7, 11) is 0. The Balaban J connectivity index is 1.84. The van der Waals surface area contributed by atoms with E-state index in [0.29, 0.717) is 5.25 Å². The molecule has 0 saturated carbocycles. The van der Waals surface area contributed by atoms with E-state index in [1.54, 1.807) is 16.4 Å². The summed E-state index contributed by atoms with van der Waals surface area (Å²) < 4.78 is 1.79. The average Bonchev–Trinajstić information content (AvgIpc) is 3.02. The van der Waals surface area contributed by atoms with Gasteiger partial charge in [0.15, 0.2) is 0 Å². The normalized spacial score (nSPS) is 19.6. The minimum atomic E-state index is 0.573. The van der Waals surface area contributed by atoms with Gasteiger partial charge in [-0.2, -0.15) is 4.68 Å². The molecule has 0 radical (unpaired) electrons. The fourth-order valence-electron chi connectivity index (χ4n) is 1.86. The molecule has 1 saturated heterocycles. The first-order chi connectivity index (χ1) is 8.43. The number of hydrogen-bond acceptors (Lipinski definition) is 5. The van der Waals surface area contributed by atoms with Crippen molar-refractivity contribution in [3.8, 4) is 5.69 Å². The number of tetrazole rings is 1. The number of aromatic nitrogens is 4. The second-order valence-electron chi connectivity index (χ2n) is 3.94. The zero-order chi connectivity index (χ0) is 11.5. The smallest absolute Gasteiger partial charge is 0.214 e. The summed E-state index contributed by atoms with van der Waals surface area (Å²) in [4.78, 5) is 0. The topological polar surface area (TPSA) is 55.6 Å². The minimum Gasteiger partial charge on any atom is -0.316 e. The molecule has 1 atom stereocenters. The van der Waals surface area contributed by atoms with Crippen molar-refractivity contribution >= 4 is 11.8 Å². The second kappa shape index (κ2) is 4.85. The van der Waals surface area contributed by atoms with Crippen LogP contribution in [0.15, 0.2) is 35.5 Å². The van der Waals surface area contributed by atoms with Gasteiger partial charge in [0.05, 0.1) is 5.69 Å². The van der Waals surface area contributed by atoms with Gasteiger partial charge in [0.1, 0.15) is 0 Å². The van der Waals surface area contributed by atoms with Gasteiger partial charge in [-0.05, 0) is 35.5 Å². The number of rotatable bonds is 3. The summed E-state index contributed by atoms with van der Waals surface area (Å²) in [6.07, 6.45) is 1.17. The van der Waals surface area contributed by atoms with Crippen LogP contribution < -0.4 is 5.32 Å². The first-order valence-electron chi connectivity index (χ1n) is 5.64. The maximum absolute atomic E-state index is 4.09. The zero-order valence-electron chi connectivity index (χ0n) is 9.28. The van der Waals surface area contributed by atoms with Crippen molar-refractivity contribution in [1.82, 2.24) is 25.5 Å². The fraction of sp³-hybridized carbons (Fsp3) is 0.364. The summed E-state index contributed by atoms with van der Waals surface area (Å²) >= 11 is 1.74. The SMILES string of the molecule is c1ccc(-n2nnnc2S[C@H]2CCNC2)cc1. The molecule has 88 valence electrons. The van der Waals surface area contributed by atoms with E-state index in [4.69, 9.17) is 0 Å². The van der Waals surface area contributed by atoms with Crippen molar-refractivity contribution in [2.24, 2.45) is 0 Å². The van der Waals surface area contributed by atoms with Crippen LogP contribution in [0.2, 0.25) is 0 Å². The molecule has 1 N–H and O–H groups in total. The lowest BCUT2D eigenvalue weighted by atomic mass is 10.3. The molecule has 1 fully saturated rings. The molecule has 1 aromatic carbocycles. The highest BCUT2D eigenvalue weighted by Gasteiger charge is 2.19. The summed E-state index contributed by atoms with van der Waals surface area (Å²) in [6.45, 7) is 2.12. The van der Waals surface area contributed by atoms with Gasteiger partial charge in [-0.25, -0.2) is 0 Å². The Hall–Kier alpha value is -1.40. The van der Waals surface area contributed by atoms with Gasteiger partial charge < -0.3 is 5.32 Å². The van der Waals surface area contributed by atoms with E-state index >= 15 is 0 Å². The van der Waals surface area contributed by atoms with E-state index in [-0.39, 0.29) is 0 Å². The number of hydrogen-bond donors (Lipinski definition) is 1. The Bertz CT molecular complexity index is 478. The van der Waals surface area contributed by atoms with Crippen LogP contribution in [0.25, 0.3) is 5.69 Å². The lowest BCUT2D eigenvalue weighted by Crippen LogP contribution is -2.11. The van der Waals surface area contributed by atoms with Gasteiger partial charge in [0.25, 0.3) is 0 Å². The predicted molar refractivity (Wildman–Crippen MR) is 66.3 cm³/mol. The Morgan fingerprint density at radius 2 is 2.18 bits per heavy atom. The lowest BCUT2D eigenvalue weighted by Gasteiger charge is -2.07. The van der Waals surface area contributed by atoms with E-state index in [9.17, 15) is 0 Å². The first-order valence-corrected chi connectivity index (χ1v) is 6.52. The summed E-state index contributed by atoms with van der Waals surface area (Å²) in [6, 6.07) is 9.98. The van der Waals surface area contributed by atoms with Crippen LogP contribution in [0.4, 0.5) is 0 Å². The van der Waals surface area contributed by atoms with Crippen molar-refractivity contribution in [3.63, 3.8) is 0 Å². The lowest BCUT2D eigenvalue weighted by molar-refractivity contribution is 0.754. The molecule has 1 aliphatic rings. The molecule has 5 nitrogen and oxygen atoms in total.